The summed E-state index contributed by atoms with van der Waals surface area (Å²) in [4.78, 5) is 36.4. The molecule has 0 aliphatic carbocycles. The number of ether oxygens (including phenoxy) is 3. The SMILES string of the molecule is COc1ccc(OC)c([C@@H]2C(C(=O)c3sc(-c4ccccc4)nc3C)=C(O)C(=O)N2CCN2CCOCC2)c1. The van der Waals surface area contributed by atoms with Crippen molar-refractivity contribution in [2.75, 3.05) is 53.6 Å². The van der Waals surface area contributed by atoms with Crippen molar-refractivity contribution >= 4 is 23.0 Å². The third kappa shape index (κ3) is 5.27. The Labute approximate surface area is 231 Å². The van der Waals surface area contributed by atoms with E-state index in [0.717, 1.165) is 18.7 Å². The molecule has 39 heavy (non-hydrogen) atoms. The number of thiazole rings is 1. The standard InChI is InChI=1S/C29H31N3O6S/c1-18-27(39-28(30-18)19-7-5-4-6-8-19)25(33)23-24(21-17-20(36-2)9-10-22(21)37-3)32(29(35)26(23)34)12-11-31-13-15-38-16-14-31/h4-10,17,24,34H,11-16H2,1-3H3/t24-/m1/s1. The number of rotatable bonds is 9. The van der Waals surface area contributed by atoms with E-state index in [9.17, 15) is 14.7 Å². The number of ketones is 1. The van der Waals surface area contributed by atoms with Crippen LogP contribution in [0.5, 0.6) is 11.5 Å². The summed E-state index contributed by atoms with van der Waals surface area (Å²) < 4.78 is 16.5. The maximum atomic E-state index is 14.1. The first-order valence-electron chi connectivity index (χ1n) is 12.8. The molecule has 2 aliphatic heterocycles. The van der Waals surface area contributed by atoms with Crippen molar-refractivity contribution in [2.24, 2.45) is 0 Å². The van der Waals surface area contributed by atoms with Gasteiger partial charge in [0.2, 0.25) is 5.78 Å². The molecular formula is C29H31N3O6S. The average molecular weight is 550 g/mol. The molecule has 2 aliphatic rings. The van der Waals surface area contributed by atoms with Gasteiger partial charge >= 0.3 is 0 Å². The lowest BCUT2D eigenvalue weighted by molar-refractivity contribution is -0.129. The van der Waals surface area contributed by atoms with Gasteiger partial charge in [0.15, 0.2) is 5.76 Å². The van der Waals surface area contributed by atoms with Crippen LogP contribution in [-0.2, 0) is 9.53 Å². The van der Waals surface area contributed by atoms with Gasteiger partial charge in [-0.15, -0.1) is 11.3 Å². The van der Waals surface area contributed by atoms with E-state index in [0.29, 0.717) is 58.9 Å². The molecule has 1 atom stereocenters. The van der Waals surface area contributed by atoms with Crippen molar-refractivity contribution in [3.63, 3.8) is 0 Å². The number of aromatic nitrogens is 1. The second-order valence-corrected chi connectivity index (χ2v) is 10.4. The second-order valence-electron chi connectivity index (χ2n) is 9.35. The number of morpholine rings is 1. The number of carbonyl (C=O) groups excluding carboxylic acids is 2. The van der Waals surface area contributed by atoms with Crippen LogP contribution in [0.2, 0.25) is 0 Å². The van der Waals surface area contributed by atoms with E-state index in [2.05, 4.69) is 9.88 Å². The summed E-state index contributed by atoms with van der Waals surface area (Å²) in [5.41, 5.74) is 2.01. The number of benzene rings is 2. The first-order chi connectivity index (χ1) is 18.9. The predicted octanol–water partition coefficient (Wildman–Crippen LogP) is 4.05. The van der Waals surface area contributed by atoms with E-state index >= 15 is 0 Å². The van der Waals surface area contributed by atoms with Crippen molar-refractivity contribution in [3.05, 3.63) is 76.0 Å². The van der Waals surface area contributed by atoms with Gasteiger partial charge in [0, 0.05) is 37.3 Å². The monoisotopic (exact) mass is 549 g/mol. The van der Waals surface area contributed by atoms with Gasteiger partial charge in [-0.1, -0.05) is 30.3 Å². The van der Waals surface area contributed by atoms with Gasteiger partial charge in [-0.2, -0.15) is 0 Å². The van der Waals surface area contributed by atoms with Crippen LogP contribution in [0.3, 0.4) is 0 Å². The van der Waals surface area contributed by atoms with Crippen LogP contribution in [0.1, 0.15) is 27.0 Å². The largest absolute Gasteiger partial charge is 0.503 e. The second kappa shape index (κ2) is 11.6. The Balaban J connectivity index is 1.56. The van der Waals surface area contributed by atoms with E-state index in [1.807, 2.05) is 30.3 Å². The smallest absolute Gasteiger partial charge is 0.290 e. The molecule has 1 fully saturated rings. The summed E-state index contributed by atoms with van der Waals surface area (Å²) in [7, 11) is 3.08. The number of aliphatic hydroxyl groups excluding tert-OH is 1. The molecule has 204 valence electrons. The van der Waals surface area contributed by atoms with Gasteiger partial charge in [0.05, 0.1) is 49.6 Å². The Morgan fingerprint density at radius 3 is 2.54 bits per heavy atom. The summed E-state index contributed by atoms with van der Waals surface area (Å²) in [5, 5.41) is 11.9. The molecule has 1 saturated heterocycles. The first-order valence-corrected chi connectivity index (χ1v) is 13.6. The summed E-state index contributed by atoms with van der Waals surface area (Å²) in [6, 6.07) is 14.0. The summed E-state index contributed by atoms with van der Waals surface area (Å²) >= 11 is 1.25. The number of aliphatic hydroxyl groups is 1. The van der Waals surface area contributed by atoms with Gasteiger partial charge in [-0.05, 0) is 25.1 Å². The summed E-state index contributed by atoms with van der Waals surface area (Å²) in [5.74, 6) is -0.541. The van der Waals surface area contributed by atoms with Gasteiger partial charge < -0.3 is 24.2 Å². The molecule has 9 nitrogen and oxygen atoms in total. The van der Waals surface area contributed by atoms with E-state index in [1.54, 1.807) is 37.1 Å². The molecule has 1 aromatic heterocycles. The molecule has 0 spiro atoms. The van der Waals surface area contributed by atoms with Gasteiger partial charge in [-0.25, -0.2) is 4.98 Å². The minimum absolute atomic E-state index is 0.0138. The minimum Gasteiger partial charge on any atom is -0.503 e. The van der Waals surface area contributed by atoms with E-state index in [4.69, 9.17) is 14.2 Å². The Morgan fingerprint density at radius 1 is 1.10 bits per heavy atom. The van der Waals surface area contributed by atoms with Crippen LogP contribution >= 0.6 is 11.3 Å². The van der Waals surface area contributed by atoms with Crippen molar-refractivity contribution < 1.29 is 28.9 Å². The Morgan fingerprint density at radius 2 is 1.85 bits per heavy atom. The zero-order valence-corrected chi connectivity index (χ0v) is 23.0. The fraction of sp³-hybridized carbons (Fsp3) is 0.345. The molecule has 1 N–H and O–H groups in total. The van der Waals surface area contributed by atoms with Gasteiger partial charge in [0.25, 0.3) is 5.91 Å². The van der Waals surface area contributed by atoms with Crippen molar-refractivity contribution in [2.45, 2.75) is 13.0 Å². The fourth-order valence-electron chi connectivity index (χ4n) is 5.00. The van der Waals surface area contributed by atoms with Crippen molar-refractivity contribution in [1.82, 2.24) is 14.8 Å². The molecule has 2 aromatic carbocycles. The molecule has 0 bridgehead atoms. The molecule has 10 heteroatoms. The zero-order valence-electron chi connectivity index (χ0n) is 22.2. The van der Waals surface area contributed by atoms with Crippen LogP contribution in [0, 0.1) is 6.92 Å². The minimum atomic E-state index is -0.863. The number of carbonyl (C=O) groups is 2. The molecule has 5 rings (SSSR count). The maximum absolute atomic E-state index is 14.1. The predicted molar refractivity (Wildman–Crippen MR) is 148 cm³/mol. The molecule has 1 amide bonds. The number of hydrogen-bond acceptors (Lipinski definition) is 9. The van der Waals surface area contributed by atoms with Crippen molar-refractivity contribution in [1.29, 1.82) is 0 Å². The maximum Gasteiger partial charge on any atom is 0.290 e. The quantitative estimate of drug-likeness (QED) is 0.399. The number of amides is 1. The zero-order chi connectivity index (χ0) is 27.5. The molecule has 3 aromatic rings. The molecular weight excluding hydrogens is 518 g/mol. The fourth-order valence-corrected chi connectivity index (χ4v) is 6.03. The molecule has 0 unspecified atom stereocenters. The van der Waals surface area contributed by atoms with E-state index in [-0.39, 0.29) is 5.57 Å². The van der Waals surface area contributed by atoms with Crippen LogP contribution in [0.25, 0.3) is 10.6 Å². The number of nitrogens with zero attached hydrogens (tertiary/aromatic N) is 3. The Hall–Kier alpha value is -3.73. The lowest BCUT2D eigenvalue weighted by atomic mass is 9.94. The summed E-state index contributed by atoms with van der Waals surface area (Å²) in [6.07, 6.45) is 0. The lowest BCUT2D eigenvalue weighted by Gasteiger charge is -2.32. The average Bonchev–Trinajstić information content (AvgIpc) is 3.49. The highest BCUT2D eigenvalue weighted by atomic mass is 32.1. The molecule has 0 saturated carbocycles. The van der Waals surface area contributed by atoms with Crippen LogP contribution < -0.4 is 9.47 Å². The number of Topliss-reactive ketones (excluding diaryl/α,β-unsaturated/α-hetero) is 1. The Bertz CT molecular complexity index is 1400. The van der Waals surface area contributed by atoms with E-state index in [1.165, 1.54) is 18.4 Å². The summed E-state index contributed by atoms with van der Waals surface area (Å²) in [6.45, 7) is 5.41. The molecule has 3 heterocycles. The van der Waals surface area contributed by atoms with Crippen LogP contribution in [-0.4, -0.2) is 85.2 Å². The number of hydrogen-bond donors (Lipinski definition) is 1. The van der Waals surface area contributed by atoms with Gasteiger partial charge in [-0.3, -0.25) is 14.5 Å². The first kappa shape index (κ1) is 26.9. The van der Waals surface area contributed by atoms with Crippen LogP contribution in [0.4, 0.5) is 0 Å². The van der Waals surface area contributed by atoms with Gasteiger partial charge in [0.1, 0.15) is 16.5 Å². The third-order valence-electron chi connectivity index (χ3n) is 7.06. The van der Waals surface area contributed by atoms with Crippen molar-refractivity contribution in [3.8, 4) is 22.1 Å². The molecule has 0 radical (unpaired) electrons. The lowest BCUT2D eigenvalue weighted by Crippen LogP contribution is -2.43. The highest BCUT2D eigenvalue weighted by Gasteiger charge is 2.45. The highest BCUT2D eigenvalue weighted by Crippen LogP contribution is 2.44. The topological polar surface area (TPSA) is 101 Å². The number of methoxy groups -OCH3 is 2. The Kier molecular flexibility index (Phi) is 7.97. The highest BCUT2D eigenvalue weighted by molar-refractivity contribution is 7.17. The number of aryl methyl sites for hydroxylation is 1. The van der Waals surface area contributed by atoms with E-state index < -0.39 is 23.5 Å². The van der Waals surface area contributed by atoms with Crippen LogP contribution in [0.15, 0.2) is 59.9 Å². The normalized spacial score (nSPS) is 18.1. The third-order valence-corrected chi connectivity index (χ3v) is 8.27.